The van der Waals surface area contributed by atoms with Gasteiger partial charge in [0.2, 0.25) is 0 Å². The first-order chi connectivity index (χ1) is 10.0. The molecule has 106 valence electrons. The number of carbonyl (C=O) groups is 2. The third kappa shape index (κ3) is 2.72. The molecule has 0 aromatic heterocycles. The van der Waals surface area contributed by atoms with Crippen molar-refractivity contribution < 1.29 is 9.59 Å². The molecule has 0 atom stereocenters. The second kappa shape index (κ2) is 5.37. The van der Waals surface area contributed by atoms with Gasteiger partial charge in [-0.3, -0.25) is 9.59 Å². The first kappa shape index (κ1) is 13.9. The van der Waals surface area contributed by atoms with Crippen LogP contribution in [0.3, 0.4) is 0 Å². The van der Waals surface area contributed by atoms with E-state index in [1.54, 1.807) is 17.8 Å². The second-order valence-electron chi connectivity index (χ2n) is 5.32. The SMILES string of the molecule is CC(C)c1ccc(Sc2ccc3c(c2)NC(=O)C3=O)cc1. The summed E-state index contributed by atoms with van der Waals surface area (Å²) in [5.41, 5.74) is 2.37. The van der Waals surface area contributed by atoms with Gasteiger partial charge in [0.15, 0.2) is 0 Å². The van der Waals surface area contributed by atoms with Gasteiger partial charge in [-0.25, -0.2) is 0 Å². The van der Waals surface area contributed by atoms with E-state index in [2.05, 4.69) is 43.4 Å². The van der Waals surface area contributed by atoms with Gasteiger partial charge in [0.05, 0.1) is 11.3 Å². The Labute approximate surface area is 127 Å². The average molecular weight is 297 g/mol. The molecule has 2 aromatic rings. The molecule has 3 rings (SSSR count). The Kier molecular flexibility index (Phi) is 3.55. The summed E-state index contributed by atoms with van der Waals surface area (Å²) in [6.45, 7) is 4.34. The molecule has 0 saturated heterocycles. The van der Waals surface area contributed by atoms with Crippen molar-refractivity contribution >= 4 is 29.1 Å². The number of amides is 1. The molecular weight excluding hydrogens is 282 g/mol. The maximum Gasteiger partial charge on any atom is 0.296 e. The maximum absolute atomic E-state index is 11.5. The Balaban J connectivity index is 1.81. The predicted octanol–water partition coefficient (Wildman–Crippen LogP) is 4.10. The number of hydrogen-bond donors (Lipinski definition) is 1. The summed E-state index contributed by atoms with van der Waals surface area (Å²) in [5.74, 6) is -0.485. The highest BCUT2D eigenvalue weighted by Crippen LogP contribution is 2.33. The Bertz CT molecular complexity index is 720. The van der Waals surface area contributed by atoms with Crippen molar-refractivity contribution in [2.45, 2.75) is 29.6 Å². The minimum atomic E-state index is -0.548. The highest BCUT2D eigenvalue weighted by molar-refractivity contribution is 7.99. The smallest absolute Gasteiger partial charge is 0.296 e. The van der Waals surface area contributed by atoms with Crippen LogP contribution in [0.5, 0.6) is 0 Å². The number of fused-ring (bicyclic) bond motifs is 1. The minimum absolute atomic E-state index is 0.456. The molecule has 21 heavy (non-hydrogen) atoms. The molecule has 0 bridgehead atoms. The lowest BCUT2D eigenvalue weighted by atomic mass is 10.0. The van der Waals surface area contributed by atoms with Crippen molar-refractivity contribution in [1.29, 1.82) is 0 Å². The molecule has 1 N–H and O–H groups in total. The highest BCUT2D eigenvalue weighted by atomic mass is 32.2. The van der Waals surface area contributed by atoms with Crippen molar-refractivity contribution in [1.82, 2.24) is 0 Å². The summed E-state index contributed by atoms with van der Waals surface area (Å²) in [7, 11) is 0. The second-order valence-corrected chi connectivity index (χ2v) is 6.46. The van der Waals surface area contributed by atoms with Crippen LogP contribution in [-0.4, -0.2) is 11.7 Å². The normalized spacial score (nSPS) is 13.5. The van der Waals surface area contributed by atoms with Crippen LogP contribution in [0.1, 0.15) is 35.7 Å². The van der Waals surface area contributed by atoms with Crippen molar-refractivity contribution in [2.75, 3.05) is 5.32 Å². The van der Waals surface area contributed by atoms with Gasteiger partial charge < -0.3 is 5.32 Å². The third-order valence-electron chi connectivity index (χ3n) is 3.47. The quantitative estimate of drug-likeness (QED) is 0.868. The molecule has 3 nitrogen and oxygen atoms in total. The van der Waals surface area contributed by atoms with Gasteiger partial charge in [-0.1, -0.05) is 37.7 Å². The average Bonchev–Trinajstić information content (AvgIpc) is 2.74. The van der Waals surface area contributed by atoms with E-state index in [9.17, 15) is 9.59 Å². The molecule has 0 radical (unpaired) electrons. The number of benzene rings is 2. The first-order valence-electron chi connectivity index (χ1n) is 6.82. The zero-order chi connectivity index (χ0) is 15.0. The van der Waals surface area contributed by atoms with Gasteiger partial charge in [0.25, 0.3) is 11.7 Å². The van der Waals surface area contributed by atoms with Crippen molar-refractivity contribution in [2.24, 2.45) is 0 Å². The van der Waals surface area contributed by atoms with Crippen LogP contribution >= 0.6 is 11.8 Å². The van der Waals surface area contributed by atoms with Crippen molar-refractivity contribution in [3.05, 3.63) is 53.6 Å². The summed E-state index contributed by atoms with van der Waals surface area (Å²) < 4.78 is 0. The molecule has 0 spiro atoms. The van der Waals surface area contributed by atoms with Crippen LogP contribution < -0.4 is 5.32 Å². The highest BCUT2D eigenvalue weighted by Gasteiger charge is 2.27. The lowest BCUT2D eigenvalue weighted by molar-refractivity contribution is -0.112. The molecule has 0 fully saturated rings. The number of anilines is 1. The molecule has 1 aliphatic rings. The molecule has 2 aromatic carbocycles. The van der Waals surface area contributed by atoms with Crippen LogP contribution in [0, 0.1) is 0 Å². The number of rotatable bonds is 3. The fraction of sp³-hybridized carbons (Fsp3) is 0.176. The van der Waals surface area contributed by atoms with E-state index < -0.39 is 11.7 Å². The van der Waals surface area contributed by atoms with Gasteiger partial charge >= 0.3 is 0 Å². The Morgan fingerprint density at radius 3 is 2.29 bits per heavy atom. The number of nitrogens with one attached hydrogen (secondary N) is 1. The molecule has 0 saturated carbocycles. The number of carbonyl (C=O) groups excluding carboxylic acids is 2. The van der Waals surface area contributed by atoms with Gasteiger partial charge in [-0.05, 0) is 41.8 Å². The van der Waals surface area contributed by atoms with Crippen LogP contribution in [0.15, 0.2) is 52.3 Å². The van der Waals surface area contributed by atoms with Gasteiger partial charge in [0, 0.05) is 9.79 Å². The zero-order valence-corrected chi connectivity index (χ0v) is 12.7. The van der Waals surface area contributed by atoms with Crippen LogP contribution in [0.25, 0.3) is 0 Å². The fourth-order valence-corrected chi connectivity index (χ4v) is 3.10. The van der Waals surface area contributed by atoms with Gasteiger partial charge in [-0.15, -0.1) is 0 Å². The zero-order valence-electron chi connectivity index (χ0n) is 11.8. The van der Waals surface area contributed by atoms with E-state index in [0.29, 0.717) is 17.2 Å². The Morgan fingerprint density at radius 2 is 1.62 bits per heavy atom. The van der Waals surface area contributed by atoms with Gasteiger partial charge in [0.1, 0.15) is 0 Å². The van der Waals surface area contributed by atoms with Crippen LogP contribution in [0.2, 0.25) is 0 Å². The van der Waals surface area contributed by atoms with E-state index in [1.807, 2.05) is 12.1 Å². The maximum atomic E-state index is 11.5. The molecule has 1 amide bonds. The molecular formula is C17H15NO2S. The molecule has 4 heteroatoms. The summed E-state index contributed by atoms with van der Waals surface area (Å²) in [6, 6.07) is 13.9. The van der Waals surface area contributed by atoms with Crippen molar-refractivity contribution in [3.63, 3.8) is 0 Å². The van der Waals surface area contributed by atoms with E-state index in [-0.39, 0.29) is 0 Å². The summed E-state index contributed by atoms with van der Waals surface area (Å²) >= 11 is 1.61. The lowest BCUT2D eigenvalue weighted by Crippen LogP contribution is -2.12. The number of hydrogen-bond acceptors (Lipinski definition) is 3. The van der Waals surface area contributed by atoms with Crippen molar-refractivity contribution in [3.8, 4) is 0 Å². The number of Topliss-reactive ketones (excluding diaryl/α,β-unsaturated/α-hetero) is 1. The van der Waals surface area contributed by atoms with E-state index in [4.69, 9.17) is 0 Å². The van der Waals surface area contributed by atoms with Crippen LogP contribution in [0.4, 0.5) is 5.69 Å². The summed E-state index contributed by atoms with van der Waals surface area (Å²) in [5, 5.41) is 2.60. The first-order valence-corrected chi connectivity index (χ1v) is 7.64. The number of ketones is 1. The monoisotopic (exact) mass is 297 g/mol. The van der Waals surface area contributed by atoms with E-state index >= 15 is 0 Å². The lowest BCUT2D eigenvalue weighted by Gasteiger charge is -2.07. The molecule has 1 heterocycles. The summed E-state index contributed by atoms with van der Waals surface area (Å²) in [4.78, 5) is 25.0. The fourth-order valence-electron chi connectivity index (χ4n) is 2.25. The Hall–Kier alpha value is -2.07. The van der Waals surface area contributed by atoms with E-state index in [0.717, 1.165) is 9.79 Å². The Morgan fingerprint density at radius 1 is 0.952 bits per heavy atom. The molecule has 0 unspecified atom stereocenters. The third-order valence-corrected chi connectivity index (χ3v) is 4.47. The predicted molar refractivity (Wildman–Crippen MR) is 84.1 cm³/mol. The molecule has 1 aliphatic heterocycles. The summed E-state index contributed by atoms with van der Waals surface area (Å²) in [6.07, 6.45) is 0. The largest absolute Gasteiger partial charge is 0.318 e. The van der Waals surface area contributed by atoms with Gasteiger partial charge in [-0.2, -0.15) is 0 Å². The van der Waals surface area contributed by atoms with E-state index in [1.165, 1.54) is 5.56 Å². The van der Waals surface area contributed by atoms with Crippen LogP contribution in [-0.2, 0) is 4.79 Å². The minimum Gasteiger partial charge on any atom is -0.318 e. The topological polar surface area (TPSA) is 46.2 Å². The molecule has 0 aliphatic carbocycles. The standard InChI is InChI=1S/C17H15NO2S/c1-10(2)11-3-5-12(6-4-11)21-13-7-8-14-15(9-13)18-17(20)16(14)19/h3-10H,1-2H3,(H,18,19,20).